The Kier molecular flexibility index (Phi) is 2.64. The van der Waals surface area contributed by atoms with Crippen molar-refractivity contribution in [3.8, 4) is 0 Å². The first-order chi connectivity index (χ1) is 8.20. The van der Waals surface area contributed by atoms with Crippen LogP contribution < -0.4 is 0 Å². The van der Waals surface area contributed by atoms with Gasteiger partial charge in [-0.05, 0) is 18.9 Å². The number of rotatable bonds is 3. The van der Waals surface area contributed by atoms with E-state index in [-0.39, 0.29) is 5.56 Å². The number of carbonyl (C=O) groups is 1. The van der Waals surface area contributed by atoms with Gasteiger partial charge in [0.15, 0.2) is 0 Å². The number of morpholine rings is 1. The van der Waals surface area contributed by atoms with Crippen LogP contribution in [0.25, 0.3) is 0 Å². The predicted octanol–water partition coefficient (Wildman–Crippen LogP) is 1.34. The lowest BCUT2D eigenvalue weighted by molar-refractivity contribution is -0.0427. The molecule has 2 unspecified atom stereocenters. The summed E-state index contributed by atoms with van der Waals surface area (Å²) in [4.78, 5) is 13.0. The second-order valence-corrected chi connectivity index (χ2v) is 4.76. The first-order valence-corrected chi connectivity index (χ1v) is 5.89. The third kappa shape index (κ3) is 2.21. The van der Waals surface area contributed by atoms with E-state index in [4.69, 9.17) is 14.3 Å². The van der Waals surface area contributed by atoms with Crippen LogP contribution in [0.2, 0.25) is 0 Å². The van der Waals surface area contributed by atoms with E-state index in [9.17, 15) is 4.79 Å². The van der Waals surface area contributed by atoms with Gasteiger partial charge in [0.1, 0.15) is 12.0 Å². The maximum Gasteiger partial charge on any atom is 0.338 e. The summed E-state index contributed by atoms with van der Waals surface area (Å²) in [5.41, 5.74) is 0.219. The first kappa shape index (κ1) is 10.8. The van der Waals surface area contributed by atoms with Crippen LogP contribution >= 0.6 is 0 Å². The fourth-order valence-electron chi connectivity index (χ4n) is 2.62. The van der Waals surface area contributed by atoms with E-state index in [0.29, 0.717) is 24.5 Å². The number of nitrogens with zero attached hydrogens (tertiary/aromatic N) is 1. The number of furan rings is 1. The summed E-state index contributed by atoms with van der Waals surface area (Å²) in [5.74, 6) is -0.231. The minimum atomic E-state index is -0.943. The van der Waals surface area contributed by atoms with E-state index < -0.39 is 5.97 Å². The van der Waals surface area contributed by atoms with Crippen LogP contribution in [0.3, 0.4) is 0 Å². The monoisotopic (exact) mass is 237 g/mol. The second-order valence-electron chi connectivity index (χ2n) is 4.76. The Morgan fingerprint density at radius 2 is 2.12 bits per heavy atom. The van der Waals surface area contributed by atoms with Gasteiger partial charge in [0.25, 0.3) is 0 Å². The number of ether oxygens (including phenoxy) is 1. The van der Waals surface area contributed by atoms with Crippen molar-refractivity contribution >= 4 is 5.97 Å². The molecular formula is C12H15NO4. The van der Waals surface area contributed by atoms with Crippen molar-refractivity contribution in [2.75, 3.05) is 13.1 Å². The molecule has 0 amide bonds. The zero-order chi connectivity index (χ0) is 11.8. The van der Waals surface area contributed by atoms with E-state index in [0.717, 1.165) is 25.9 Å². The van der Waals surface area contributed by atoms with Crippen molar-refractivity contribution in [3.05, 3.63) is 23.7 Å². The van der Waals surface area contributed by atoms with E-state index in [2.05, 4.69) is 4.90 Å². The highest BCUT2D eigenvalue weighted by Gasteiger charge is 2.33. The van der Waals surface area contributed by atoms with E-state index in [1.807, 2.05) is 0 Å². The van der Waals surface area contributed by atoms with Crippen LogP contribution in [0.15, 0.2) is 16.7 Å². The summed E-state index contributed by atoms with van der Waals surface area (Å²) in [5, 5.41) is 8.80. The van der Waals surface area contributed by atoms with Gasteiger partial charge in [-0.2, -0.15) is 0 Å². The number of carboxylic acids is 1. The molecule has 0 saturated carbocycles. The van der Waals surface area contributed by atoms with Gasteiger partial charge in [0.2, 0.25) is 0 Å². The zero-order valence-electron chi connectivity index (χ0n) is 9.46. The average Bonchev–Trinajstić information content (AvgIpc) is 2.86. The van der Waals surface area contributed by atoms with Crippen molar-refractivity contribution in [2.45, 2.75) is 31.6 Å². The van der Waals surface area contributed by atoms with Crippen LogP contribution in [0.4, 0.5) is 0 Å². The molecule has 17 heavy (non-hydrogen) atoms. The molecule has 0 spiro atoms. The van der Waals surface area contributed by atoms with Gasteiger partial charge < -0.3 is 14.3 Å². The number of fused-ring (bicyclic) bond motifs is 2. The average molecular weight is 237 g/mol. The molecule has 0 aromatic carbocycles. The highest BCUT2D eigenvalue weighted by atomic mass is 16.5. The second kappa shape index (κ2) is 4.16. The molecule has 2 aliphatic rings. The number of carboxylic acid groups (broad SMARTS) is 1. The van der Waals surface area contributed by atoms with Crippen molar-refractivity contribution in [1.82, 2.24) is 4.90 Å². The SMILES string of the molecule is O=C(O)c1coc(CN2CC3CCC(C2)O3)c1. The van der Waals surface area contributed by atoms with Gasteiger partial charge in [-0.25, -0.2) is 4.79 Å². The minimum Gasteiger partial charge on any atom is -0.478 e. The van der Waals surface area contributed by atoms with Crippen LogP contribution in [-0.4, -0.2) is 41.3 Å². The van der Waals surface area contributed by atoms with Crippen LogP contribution in [0.5, 0.6) is 0 Å². The van der Waals surface area contributed by atoms with Crippen molar-refractivity contribution in [2.24, 2.45) is 0 Å². The molecule has 2 saturated heterocycles. The smallest absolute Gasteiger partial charge is 0.338 e. The molecule has 3 rings (SSSR count). The molecule has 2 bridgehead atoms. The maximum atomic E-state index is 10.7. The van der Waals surface area contributed by atoms with Gasteiger partial charge >= 0.3 is 5.97 Å². The van der Waals surface area contributed by atoms with Gasteiger partial charge in [0.05, 0.1) is 24.3 Å². The Morgan fingerprint density at radius 3 is 2.71 bits per heavy atom. The highest BCUT2D eigenvalue weighted by Crippen LogP contribution is 2.27. The van der Waals surface area contributed by atoms with Crippen LogP contribution in [-0.2, 0) is 11.3 Å². The lowest BCUT2D eigenvalue weighted by Gasteiger charge is -2.31. The van der Waals surface area contributed by atoms with Gasteiger partial charge in [-0.3, -0.25) is 4.90 Å². The Hall–Kier alpha value is -1.33. The number of hydrogen-bond acceptors (Lipinski definition) is 4. The third-order valence-corrected chi connectivity index (χ3v) is 3.40. The molecule has 2 aliphatic heterocycles. The van der Waals surface area contributed by atoms with Crippen molar-refractivity contribution in [3.63, 3.8) is 0 Å². The summed E-state index contributed by atoms with van der Waals surface area (Å²) >= 11 is 0. The normalized spacial score (nSPS) is 28.5. The predicted molar refractivity (Wildman–Crippen MR) is 58.8 cm³/mol. The molecule has 3 heterocycles. The Morgan fingerprint density at radius 1 is 1.41 bits per heavy atom. The van der Waals surface area contributed by atoms with E-state index in [1.54, 1.807) is 6.07 Å². The standard InChI is InChI=1S/C12H15NO4/c14-12(15)8-3-11(16-7-8)6-13-4-9-1-2-10(5-13)17-9/h3,7,9-10H,1-2,4-6H2,(H,14,15). The van der Waals surface area contributed by atoms with Crippen LogP contribution in [0, 0.1) is 0 Å². The van der Waals surface area contributed by atoms with Gasteiger partial charge in [0, 0.05) is 13.1 Å². The number of hydrogen-bond donors (Lipinski definition) is 1. The zero-order valence-corrected chi connectivity index (χ0v) is 9.46. The Labute approximate surface area is 99.0 Å². The van der Waals surface area contributed by atoms with Crippen LogP contribution in [0.1, 0.15) is 29.0 Å². The molecular weight excluding hydrogens is 222 g/mol. The minimum absolute atomic E-state index is 0.219. The number of aromatic carboxylic acids is 1. The topological polar surface area (TPSA) is 62.9 Å². The quantitative estimate of drug-likeness (QED) is 0.859. The fourth-order valence-corrected chi connectivity index (χ4v) is 2.62. The van der Waals surface area contributed by atoms with Gasteiger partial charge in [-0.15, -0.1) is 0 Å². The number of likely N-dealkylation sites (tertiary alicyclic amines) is 1. The molecule has 1 N–H and O–H groups in total. The molecule has 5 nitrogen and oxygen atoms in total. The maximum absolute atomic E-state index is 10.7. The van der Waals surface area contributed by atoms with E-state index in [1.165, 1.54) is 6.26 Å². The summed E-state index contributed by atoms with van der Waals surface area (Å²) in [6, 6.07) is 1.60. The summed E-state index contributed by atoms with van der Waals surface area (Å²) in [7, 11) is 0. The fraction of sp³-hybridized carbons (Fsp3) is 0.583. The Bertz CT molecular complexity index is 416. The largest absolute Gasteiger partial charge is 0.478 e. The molecule has 0 radical (unpaired) electrons. The highest BCUT2D eigenvalue weighted by molar-refractivity contribution is 5.87. The molecule has 5 heteroatoms. The molecule has 2 fully saturated rings. The third-order valence-electron chi connectivity index (χ3n) is 3.40. The first-order valence-electron chi connectivity index (χ1n) is 5.89. The van der Waals surface area contributed by atoms with Gasteiger partial charge in [-0.1, -0.05) is 0 Å². The van der Waals surface area contributed by atoms with Crippen molar-refractivity contribution in [1.29, 1.82) is 0 Å². The molecule has 1 aromatic rings. The molecule has 2 atom stereocenters. The lowest BCUT2D eigenvalue weighted by atomic mass is 10.2. The Balaban J connectivity index is 1.64. The molecule has 92 valence electrons. The summed E-state index contributed by atoms with van der Waals surface area (Å²) < 4.78 is 11.0. The van der Waals surface area contributed by atoms with E-state index >= 15 is 0 Å². The lowest BCUT2D eigenvalue weighted by Crippen LogP contribution is -2.41. The molecule has 0 aliphatic carbocycles. The summed E-state index contributed by atoms with van der Waals surface area (Å²) in [6.45, 7) is 2.50. The summed E-state index contributed by atoms with van der Waals surface area (Å²) in [6.07, 6.45) is 4.27. The van der Waals surface area contributed by atoms with Crippen molar-refractivity contribution < 1.29 is 19.1 Å². The molecule has 1 aromatic heterocycles.